The zero-order valence-electron chi connectivity index (χ0n) is 24.5. The molecular weight excluding hydrogens is 412 g/mol. The topological polar surface area (TPSA) is 6.48 Å². The van der Waals surface area contributed by atoms with Gasteiger partial charge in [0.05, 0.1) is 0 Å². The van der Waals surface area contributed by atoms with Crippen LogP contribution >= 0.6 is 0 Å². The van der Waals surface area contributed by atoms with Gasteiger partial charge in [-0.3, -0.25) is 0 Å². The summed E-state index contributed by atoms with van der Waals surface area (Å²) in [5, 5.41) is 0. The van der Waals surface area contributed by atoms with Crippen LogP contribution in [-0.2, 0) is 0 Å². The Hall–Kier alpha value is -1.12. The number of rotatable bonds is 21. The fourth-order valence-electron chi connectivity index (χ4n) is 4.40. The molecule has 0 spiro atoms. The summed E-state index contributed by atoms with van der Waals surface area (Å²) in [6.07, 6.45) is 22.0. The minimum absolute atomic E-state index is 1.17. The molecule has 0 bridgehead atoms. The average Bonchev–Trinajstić information content (AvgIpc) is 2.82. The van der Waals surface area contributed by atoms with Crippen LogP contribution in [0.4, 0.5) is 0 Å². The van der Waals surface area contributed by atoms with Crippen LogP contribution in [-0.4, -0.2) is 49.1 Å². The Morgan fingerprint density at radius 2 is 0.735 bits per heavy atom. The third kappa shape index (κ3) is 19.2. The molecule has 0 aromatic carbocycles. The Balaban J connectivity index is 4.03. The second kappa shape index (κ2) is 22.4. The predicted molar refractivity (Wildman–Crippen MR) is 157 cm³/mol. The van der Waals surface area contributed by atoms with E-state index in [0.29, 0.717) is 0 Å². The third-order valence-corrected chi connectivity index (χ3v) is 7.09. The molecule has 198 valence electrons. The van der Waals surface area contributed by atoms with Crippen molar-refractivity contribution in [1.29, 1.82) is 0 Å². The molecule has 2 nitrogen and oxygen atoms in total. The van der Waals surface area contributed by atoms with Crippen molar-refractivity contribution in [3.8, 4) is 0 Å². The Bertz CT molecular complexity index is 547. The number of hydrogen-bond donors (Lipinski definition) is 0. The van der Waals surface area contributed by atoms with E-state index < -0.39 is 0 Å². The normalized spacial score (nSPS) is 14.1. The molecule has 0 heterocycles. The molecule has 0 aliphatic carbocycles. The Kier molecular flexibility index (Phi) is 21.6. The van der Waals surface area contributed by atoms with Gasteiger partial charge in [-0.05, 0) is 131 Å². The maximum atomic E-state index is 2.52. The van der Waals surface area contributed by atoms with Crippen molar-refractivity contribution < 1.29 is 0 Å². The van der Waals surface area contributed by atoms with Gasteiger partial charge in [0.2, 0.25) is 0 Å². The molecule has 0 saturated heterocycles. The lowest BCUT2D eigenvalue weighted by atomic mass is 10.0. The number of allylic oxidation sites excluding steroid dienone is 8. The highest BCUT2D eigenvalue weighted by molar-refractivity contribution is 5.06. The van der Waals surface area contributed by atoms with Crippen LogP contribution in [0.25, 0.3) is 0 Å². The molecular formula is C32H60N2. The quantitative estimate of drug-likeness (QED) is 0.121. The summed E-state index contributed by atoms with van der Waals surface area (Å²) >= 11 is 0. The SMILES string of the molecule is CCN(CC)CCCC(C)=CCC/C(C)=C/CCC=C(C)CC/C=C(\C)CCCN(CC)CC. The number of unbranched alkanes of at least 4 members (excludes halogenated alkanes) is 1. The van der Waals surface area contributed by atoms with Crippen LogP contribution < -0.4 is 0 Å². The van der Waals surface area contributed by atoms with Gasteiger partial charge in [-0.2, -0.15) is 0 Å². The van der Waals surface area contributed by atoms with Crippen molar-refractivity contribution in [2.75, 3.05) is 39.3 Å². The fourth-order valence-corrected chi connectivity index (χ4v) is 4.40. The van der Waals surface area contributed by atoms with Gasteiger partial charge in [-0.25, -0.2) is 0 Å². The molecule has 0 aliphatic rings. The van der Waals surface area contributed by atoms with Gasteiger partial charge in [-0.15, -0.1) is 0 Å². The van der Waals surface area contributed by atoms with Gasteiger partial charge in [0, 0.05) is 0 Å². The monoisotopic (exact) mass is 472 g/mol. The van der Waals surface area contributed by atoms with E-state index in [2.05, 4.69) is 89.5 Å². The highest BCUT2D eigenvalue weighted by atomic mass is 15.1. The minimum Gasteiger partial charge on any atom is -0.304 e. The van der Waals surface area contributed by atoms with Crippen LogP contribution in [0.15, 0.2) is 46.6 Å². The van der Waals surface area contributed by atoms with Crippen LogP contribution in [0.1, 0.15) is 120 Å². The van der Waals surface area contributed by atoms with Gasteiger partial charge >= 0.3 is 0 Å². The van der Waals surface area contributed by atoms with E-state index in [1.807, 2.05) is 0 Å². The lowest BCUT2D eigenvalue weighted by Gasteiger charge is -2.17. The van der Waals surface area contributed by atoms with E-state index in [1.165, 1.54) is 103 Å². The van der Waals surface area contributed by atoms with E-state index in [0.717, 1.165) is 0 Å². The Morgan fingerprint density at radius 1 is 0.441 bits per heavy atom. The first-order valence-electron chi connectivity index (χ1n) is 14.4. The van der Waals surface area contributed by atoms with E-state index in [1.54, 1.807) is 22.3 Å². The molecule has 0 fully saturated rings. The molecule has 0 N–H and O–H groups in total. The number of nitrogens with zero attached hydrogens (tertiary/aromatic N) is 2. The Morgan fingerprint density at radius 3 is 1.06 bits per heavy atom. The molecule has 2 heteroatoms. The van der Waals surface area contributed by atoms with E-state index in [-0.39, 0.29) is 0 Å². The minimum atomic E-state index is 1.17. The summed E-state index contributed by atoms with van der Waals surface area (Å²) in [5.74, 6) is 0. The van der Waals surface area contributed by atoms with Crippen LogP contribution in [0.2, 0.25) is 0 Å². The summed E-state index contributed by atoms with van der Waals surface area (Å²) < 4.78 is 0. The molecule has 0 radical (unpaired) electrons. The first-order chi connectivity index (χ1) is 16.4. The average molecular weight is 473 g/mol. The zero-order valence-corrected chi connectivity index (χ0v) is 24.5. The van der Waals surface area contributed by atoms with E-state index in [9.17, 15) is 0 Å². The van der Waals surface area contributed by atoms with Crippen LogP contribution in [0, 0.1) is 0 Å². The maximum Gasteiger partial charge on any atom is -0.00159 e. The Labute approximate surface area is 215 Å². The second-order valence-corrected chi connectivity index (χ2v) is 10.1. The molecule has 0 aromatic heterocycles. The molecule has 34 heavy (non-hydrogen) atoms. The van der Waals surface area contributed by atoms with E-state index in [4.69, 9.17) is 0 Å². The van der Waals surface area contributed by atoms with Gasteiger partial charge in [-0.1, -0.05) is 74.3 Å². The summed E-state index contributed by atoms with van der Waals surface area (Å²) in [6, 6.07) is 0. The van der Waals surface area contributed by atoms with Crippen LogP contribution in [0.5, 0.6) is 0 Å². The summed E-state index contributed by atoms with van der Waals surface area (Å²) in [7, 11) is 0. The second-order valence-electron chi connectivity index (χ2n) is 10.1. The highest BCUT2D eigenvalue weighted by Crippen LogP contribution is 2.14. The van der Waals surface area contributed by atoms with Crippen molar-refractivity contribution in [2.45, 2.75) is 120 Å². The molecule has 0 atom stereocenters. The molecule has 0 unspecified atom stereocenters. The highest BCUT2D eigenvalue weighted by Gasteiger charge is 2.00. The zero-order chi connectivity index (χ0) is 25.6. The largest absolute Gasteiger partial charge is 0.304 e. The summed E-state index contributed by atoms with van der Waals surface area (Å²) in [4.78, 5) is 5.03. The molecule has 0 rings (SSSR count). The van der Waals surface area contributed by atoms with Crippen molar-refractivity contribution in [3.05, 3.63) is 46.6 Å². The van der Waals surface area contributed by atoms with Crippen molar-refractivity contribution in [1.82, 2.24) is 9.80 Å². The third-order valence-electron chi connectivity index (χ3n) is 7.09. The van der Waals surface area contributed by atoms with Crippen molar-refractivity contribution in [3.63, 3.8) is 0 Å². The summed E-state index contributed by atoms with van der Waals surface area (Å²) in [6.45, 7) is 25.4. The van der Waals surface area contributed by atoms with Gasteiger partial charge in [0.1, 0.15) is 0 Å². The van der Waals surface area contributed by atoms with Crippen molar-refractivity contribution >= 4 is 0 Å². The van der Waals surface area contributed by atoms with E-state index >= 15 is 0 Å². The molecule has 0 amide bonds. The van der Waals surface area contributed by atoms with Crippen molar-refractivity contribution in [2.24, 2.45) is 0 Å². The lowest BCUT2D eigenvalue weighted by Crippen LogP contribution is -2.23. The molecule has 0 saturated carbocycles. The first-order valence-corrected chi connectivity index (χ1v) is 14.4. The van der Waals surface area contributed by atoms with Gasteiger partial charge in [0.15, 0.2) is 0 Å². The first kappa shape index (κ1) is 32.9. The van der Waals surface area contributed by atoms with Crippen LogP contribution in [0.3, 0.4) is 0 Å². The predicted octanol–water partition coefficient (Wildman–Crippen LogP) is 9.36. The molecule has 0 aromatic rings. The van der Waals surface area contributed by atoms with Gasteiger partial charge < -0.3 is 9.80 Å². The lowest BCUT2D eigenvalue weighted by molar-refractivity contribution is 0.300. The maximum absolute atomic E-state index is 2.52. The summed E-state index contributed by atoms with van der Waals surface area (Å²) in [5.41, 5.74) is 6.21. The molecule has 0 aliphatic heterocycles. The van der Waals surface area contributed by atoms with Gasteiger partial charge in [0.25, 0.3) is 0 Å². The standard InChI is InChI=1S/C32H60N2/c1-9-33(10-2)27-17-25-31(7)23-15-21-29(5)19-13-14-20-30(6)22-16-24-32(8)26-18-28-34(11-3)12-4/h19-20,23-24H,9-18,21-22,25-28H2,1-8H3/b29-19+,30-20?,31-23?,32-24+. The smallest absolute Gasteiger partial charge is 0.00159 e. The number of hydrogen-bond acceptors (Lipinski definition) is 2. The fraction of sp³-hybridized carbons (Fsp3) is 0.750.